The zero-order valence-electron chi connectivity index (χ0n) is 8.22. The lowest BCUT2D eigenvalue weighted by molar-refractivity contribution is -0.137. The molecule has 0 aromatic carbocycles. The van der Waals surface area contributed by atoms with E-state index in [2.05, 4.69) is 15.2 Å². The number of aliphatic hydroxyl groups excluding tert-OH is 1. The van der Waals surface area contributed by atoms with Gasteiger partial charge < -0.3 is 5.11 Å². The molecule has 2 rings (SSSR count). The van der Waals surface area contributed by atoms with Crippen molar-refractivity contribution in [3.63, 3.8) is 0 Å². The lowest BCUT2D eigenvalue weighted by Gasteiger charge is -2.06. The second kappa shape index (κ2) is 4.38. The Morgan fingerprint density at radius 1 is 1.24 bits per heavy atom. The third-order valence-corrected chi connectivity index (χ3v) is 3.05. The van der Waals surface area contributed by atoms with Crippen LogP contribution < -0.4 is 0 Å². The highest BCUT2D eigenvalue weighted by Gasteiger charge is 2.35. The zero-order chi connectivity index (χ0) is 12.5. The second-order valence-electron chi connectivity index (χ2n) is 3.14. The molecule has 90 valence electrons. The van der Waals surface area contributed by atoms with Gasteiger partial charge in [-0.05, 0) is 6.07 Å². The molecule has 0 fully saturated rings. The Kier molecular flexibility index (Phi) is 3.07. The van der Waals surface area contributed by atoms with E-state index in [0.29, 0.717) is 16.9 Å². The number of thiazole rings is 1. The molecule has 0 amide bonds. The minimum absolute atomic E-state index is 0.116. The molecule has 1 N–H and O–H groups in total. The monoisotopic (exact) mass is 261 g/mol. The first-order valence-corrected chi connectivity index (χ1v) is 5.27. The summed E-state index contributed by atoms with van der Waals surface area (Å²) in [5.74, 6) is 0. The van der Waals surface area contributed by atoms with Crippen molar-refractivity contribution >= 4 is 11.3 Å². The van der Waals surface area contributed by atoms with Gasteiger partial charge in [-0.25, -0.2) is 4.98 Å². The lowest BCUT2D eigenvalue weighted by atomic mass is 10.1. The number of rotatable bonds is 2. The first-order chi connectivity index (χ1) is 7.98. The van der Waals surface area contributed by atoms with E-state index in [-0.39, 0.29) is 4.88 Å². The van der Waals surface area contributed by atoms with Gasteiger partial charge in [0.2, 0.25) is 0 Å². The molecule has 0 spiro atoms. The van der Waals surface area contributed by atoms with Crippen LogP contribution in [0, 0.1) is 0 Å². The second-order valence-corrected chi connectivity index (χ2v) is 4.21. The van der Waals surface area contributed by atoms with Gasteiger partial charge in [0, 0.05) is 18.0 Å². The van der Waals surface area contributed by atoms with Crippen LogP contribution in [0.4, 0.5) is 13.2 Å². The van der Waals surface area contributed by atoms with Gasteiger partial charge in [0.05, 0.1) is 11.1 Å². The molecule has 0 aliphatic rings. The largest absolute Gasteiger partial charge is 0.443 e. The molecule has 0 saturated heterocycles. The fraction of sp³-hybridized carbons (Fsp3) is 0.222. The third kappa shape index (κ3) is 2.59. The predicted molar refractivity (Wildman–Crippen MR) is 53.2 cm³/mol. The predicted octanol–water partition coefficient (Wildman–Crippen LogP) is 2.03. The van der Waals surface area contributed by atoms with Crippen molar-refractivity contribution < 1.29 is 18.3 Å². The van der Waals surface area contributed by atoms with Crippen LogP contribution in [0.25, 0.3) is 0 Å². The highest BCUT2D eigenvalue weighted by molar-refractivity contribution is 7.11. The Hall–Kier alpha value is -1.54. The molecular formula is C9H6F3N3OS. The van der Waals surface area contributed by atoms with Gasteiger partial charge >= 0.3 is 6.18 Å². The summed E-state index contributed by atoms with van der Waals surface area (Å²) >= 11 is 0.408. The van der Waals surface area contributed by atoms with Crippen LogP contribution in [0.15, 0.2) is 24.7 Å². The van der Waals surface area contributed by atoms with Gasteiger partial charge in [-0.2, -0.15) is 23.4 Å². The molecule has 1 atom stereocenters. The van der Waals surface area contributed by atoms with E-state index in [1.165, 1.54) is 18.5 Å². The summed E-state index contributed by atoms with van der Waals surface area (Å²) in [6.07, 6.45) is -2.00. The molecule has 2 aromatic rings. The van der Waals surface area contributed by atoms with E-state index in [4.69, 9.17) is 0 Å². The maximum atomic E-state index is 12.3. The maximum absolute atomic E-state index is 12.3. The topological polar surface area (TPSA) is 58.9 Å². The minimum Gasteiger partial charge on any atom is -0.383 e. The fourth-order valence-corrected chi connectivity index (χ4v) is 1.97. The summed E-state index contributed by atoms with van der Waals surface area (Å²) in [7, 11) is 0. The van der Waals surface area contributed by atoms with E-state index in [1.807, 2.05) is 0 Å². The third-order valence-electron chi connectivity index (χ3n) is 1.96. The number of aliphatic hydroxyl groups is 1. The molecule has 17 heavy (non-hydrogen) atoms. The summed E-state index contributed by atoms with van der Waals surface area (Å²) < 4.78 is 36.9. The van der Waals surface area contributed by atoms with Crippen molar-refractivity contribution in [3.8, 4) is 0 Å². The number of alkyl halides is 3. The number of nitrogens with zero attached hydrogens (tertiary/aromatic N) is 3. The molecule has 0 saturated carbocycles. The zero-order valence-corrected chi connectivity index (χ0v) is 9.03. The molecule has 2 heterocycles. The summed E-state index contributed by atoms with van der Waals surface area (Å²) in [4.78, 5) is 3.35. The molecule has 1 unspecified atom stereocenters. The minimum atomic E-state index is -4.49. The molecule has 0 aliphatic carbocycles. The van der Waals surface area contributed by atoms with Gasteiger partial charge in [0.15, 0.2) is 5.01 Å². The average Bonchev–Trinajstić information content (AvgIpc) is 2.78. The summed E-state index contributed by atoms with van der Waals surface area (Å²) in [5, 5.41) is 15.9. The van der Waals surface area contributed by atoms with Crippen LogP contribution in [0.1, 0.15) is 21.6 Å². The summed E-state index contributed by atoms with van der Waals surface area (Å²) in [6.45, 7) is 0. The van der Waals surface area contributed by atoms with Crippen molar-refractivity contribution in [3.05, 3.63) is 40.1 Å². The molecule has 0 aliphatic heterocycles. The highest BCUT2D eigenvalue weighted by Crippen LogP contribution is 2.35. The smallest absolute Gasteiger partial charge is 0.383 e. The number of hydrogen-bond donors (Lipinski definition) is 1. The maximum Gasteiger partial charge on any atom is 0.443 e. The van der Waals surface area contributed by atoms with Gasteiger partial charge in [-0.1, -0.05) is 0 Å². The van der Waals surface area contributed by atoms with E-state index in [9.17, 15) is 18.3 Å². The Labute approximate surface area is 97.8 Å². The number of halogens is 3. The van der Waals surface area contributed by atoms with Crippen LogP contribution in [0.5, 0.6) is 0 Å². The van der Waals surface area contributed by atoms with Crippen molar-refractivity contribution in [2.75, 3.05) is 0 Å². The van der Waals surface area contributed by atoms with Crippen LogP contribution in [0.3, 0.4) is 0 Å². The van der Waals surface area contributed by atoms with E-state index in [0.717, 1.165) is 6.20 Å². The molecule has 0 radical (unpaired) electrons. The first-order valence-electron chi connectivity index (χ1n) is 4.46. The van der Waals surface area contributed by atoms with Crippen LogP contribution >= 0.6 is 11.3 Å². The molecule has 8 heteroatoms. The van der Waals surface area contributed by atoms with Crippen molar-refractivity contribution in [2.45, 2.75) is 12.3 Å². The number of aromatic nitrogens is 3. The van der Waals surface area contributed by atoms with Crippen LogP contribution in [-0.2, 0) is 6.18 Å². The normalized spacial score (nSPS) is 13.6. The first kappa shape index (κ1) is 11.9. The van der Waals surface area contributed by atoms with E-state index < -0.39 is 17.3 Å². The Balaban J connectivity index is 2.27. The van der Waals surface area contributed by atoms with Gasteiger partial charge in [0.1, 0.15) is 6.10 Å². The van der Waals surface area contributed by atoms with Crippen LogP contribution in [-0.4, -0.2) is 20.3 Å². The quantitative estimate of drug-likeness (QED) is 0.898. The van der Waals surface area contributed by atoms with Gasteiger partial charge in [-0.3, -0.25) is 0 Å². The molecule has 4 nitrogen and oxygen atoms in total. The molecular weight excluding hydrogens is 255 g/mol. The summed E-state index contributed by atoms with van der Waals surface area (Å²) in [5.41, 5.74) is 0.373. The average molecular weight is 261 g/mol. The lowest BCUT2D eigenvalue weighted by Crippen LogP contribution is -2.03. The number of hydrogen-bond acceptors (Lipinski definition) is 5. The van der Waals surface area contributed by atoms with Crippen molar-refractivity contribution in [1.29, 1.82) is 0 Å². The van der Waals surface area contributed by atoms with Crippen molar-refractivity contribution in [1.82, 2.24) is 15.2 Å². The van der Waals surface area contributed by atoms with E-state index in [1.54, 1.807) is 0 Å². The molecule has 0 bridgehead atoms. The SMILES string of the molecule is OC(c1ccnnc1)c1cnc(C(F)(F)F)s1. The standard InChI is InChI=1S/C9H6F3N3OS/c10-9(11,12)8-13-4-6(17-8)7(16)5-1-2-14-15-3-5/h1-4,7,16H. The molecule has 2 aromatic heterocycles. The Bertz CT molecular complexity index is 500. The summed E-state index contributed by atoms with van der Waals surface area (Å²) in [6, 6.07) is 1.48. The van der Waals surface area contributed by atoms with Crippen LogP contribution in [0.2, 0.25) is 0 Å². The Morgan fingerprint density at radius 2 is 2.00 bits per heavy atom. The van der Waals surface area contributed by atoms with Crippen molar-refractivity contribution in [2.24, 2.45) is 0 Å². The van der Waals surface area contributed by atoms with Gasteiger partial charge in [-0.15, -0.1) is 11.3 Å². The van der Waals surface area contributed by atoms with Gasteiger partial charge in [0.25, 0.3) is 0 Å². The highest BCUT2D eigenvalue weighted by atomic mass is 32.1. The van der Waals surface area contributed by atoms with E-state index >= 15 is 0 Å². The fourth-order valence-electron chi connectivity index (χ4n) is 1.17. The Morgan fingerprint density at radius 3 is 2.53 bits per heavy atom.